The topological polar surface area (TPSA) is 38.9 Å². The molecule has 0 amide bonds. The Hall–Kier alpha value is -0.310. The van der Waals surface area contributed by atoms with Crippen LogP contribution in [0.25, 0.3) is 0 Å². The largest absolute Gasteiger partial charge is 0.324 e. The molecule has 1 heterocycles. The van der Waals surface area contributed by atoms with Crippen LogP contribution in [0.2, 0.25) is 10.0 Å². The summed E-state index contributed by atoms with van der Waals surface area (Å²) in [6, 6.07) is -0.0525. The molecule has 2 rings (SSSR count). The molecule has 0 bridgehead atoms. The van der Waals surface area contributed by atoms with Crippen LogP contribution in [-0.4, -0.2) is 4.98 Å². The van der Waals surface area contributed by atoms with Crippen LogP contribution in [0.15, 0.2) is 12.4 Å². The highest BCUT2D eigenvalue weighted by Gasteiger charge is 2.25. The van der Waals surface area contributed by atoms with Crippen molar-refractivity contribution in [2.75, 3.05) is 0 Å². The zero-order valence-corrected chi connectivity index (χ0v) is 10.6. The molecule has 0 spiro atoms. The Morgan fingerprint density at radius 3 is 2.25 bits per heavy atom. The molecule has 2 N–H and O–H groups in total. The molecule has 1 fully saturated rings. The minimum absolute atomic E-state index is 0.0525. The van der Waals surface area contributed by atoms with E-state index in [9.17, 15) is 0 Å². The molecule has 0 saturated heterocycles. The number of hydrogen-bond acceptors (Lipinski definition) is 2. The summed E-state index contributed by atoms with van der Waals surface area (Å²) in [6.07, 6.45) is 9.43. The SMILES string of the molecule is N[C@@H](c1c(Cl)cncc1Cl)C1CCCCC1. The van der Waals surface area contributed by atoms with Crippen molar-refractivity contribution in [3.8, 4) is 0 Å². The first-order valence-electron chi connectivity index (χ1n) is 5.74. The molecule has 1 atom stereocenters. The molecule has 88 valence electrons. The summed E-state index contributed by atoms with van der Waals surface area (Å²) >= 11 is 12.2. The van der Waals surface area contributed by atoms with Crippen molar-refractivity contribution in [3.05, 3.63) is 28.0 Å². The van der Waals surface area contributed by atoms with Gasteiger partial charge in [-0.15, -0.1) is 0 Å². The third kappa shape index (κ3) is 2.50. The highest BCUT2D eigenvalue weighted by molar-refractivity contribution is 6.35. The molecular formula is C12H16Cl2N2. The second-order valence-electron chi connectivity index (χ2n) is 4.44. The fourth-order valence-corrected chi connectivity index (χ4v) is 3.09. The van der Waals surface area contributed by atoms with Crippen LogP contribution in [0.4, 0.5) is 0 Å². The molecule has 1 aliphatic carbocycles. The Morgan fingerprint density at radius 1 is 1.12 bits per heavy atom. The molecule has 1 saturated carbocycles. The summed E-state index contributed by atoms with van der Waals surface area (Å²) in [5.41, 5.74) is 7.14. The van der Waals surface area contributed by atoms with Crippen LogP contribution in [0.5, 0.6) is 0 Å². The van der Waals surface area contributed by atoms with Crippen LogP contribution < -0.4 is 5.73 Å². The van der Waals surface area contributed by atoms with Crippen LogP contribution >= 0.6 is 23.2 Å². The first-order valence-corrected chi connectivity index (χ1v) is 6.50. The molecule has 16 heavy (non-hydrogen) atoms. The third-order valence-corrected chi connectivity index (χ3v) is 3.98. The standard InChI is InChI=1S/C12H16Cl2N2/c13-9-6-16-7-10(14)11(9)12(15)8-4-2-1-3-5-8/h6-8,12H,1-5,15H2/t12-/m1/s1. The minimum Gasteiger partial charge on any atom is -0.324 e. The number of aromatic nitrogens is 1. The zero-order valence-electron chi connectivity index (χ0n) is 9.13. The lowest BCUT2D eigenvalue weighted by atomic mass is 9.82. The van der Waals surface area contributed by atoms with Crippen molar-refractivity contribution < 1.29 is 0 Å². The van der Waals surface area contributed by atoms with Crippen molar-refractivity contribution in [2.24, 2.45) is 11.7 Å². The van der Waals surface area contributed by atoms with E-state index in [-0.39, 0.29) is 6.04 Å². The van der Waals surface area contributed by atoms with Gasteiger partial charge < -0.3 is 5.73 Å². The molecule has 0 aromatic carbocycles. The van der Waals surface area contributed by atoms with Crippen LogP contribution in [0.1, 0.15) is 43.7 Å². The molecule has 1 aromatic rings. The van der Waals surface area contributed by atoms with E-state index in [1.807, 2.05) is 0 Å². The number of nitrogens with zero attached hydrogens (tertiary/aromatic N) is 1. The molecule has 2 nitrogen and oxygen atoms in total. The van der Waals surface area contributed by atoms with Gasteiger partial charge in [-0.1, -0.05) is 42.5 Å². The summed E-state index contributed by atoms with van der Waals surface area (Å²) < 4.78 is 0. The van der Waals surface area contributed by atoms with Crippen molar-refractivity contribution in [2.45, 2.75) is 38.1 Å². The van der Waals surface area contributed by atoms with Gasteiger partial charge in [0.1, 0.15) is 0 Å². The summed E-state index contributed by atoms with van der Waals surface area (Å²) in [6.45, 7) is 0. The van der Waals surface area contributed by atoms with Gasteiger partial charge in [0.15, 0.2) is 0 Å². The monoisotopic (exact) mass is 258 g/mol. The maximum atomic E-state index is 6.27. The fourth-order valence-electron chi connectivity index (χ4n) is 2.47. The summed E-state index contributed by atoms with van der Waals surface area (Å²) in [4.78, 5) is 3.95. The molecule has 1 aromatic heterocycles. The number of nitrogens with two attached hydrogens (primary N) is 1. The van der Waals surface area contributed by atoms with E-state index in [1.54, 1.807) is 12.4 Å². The zero-order chi connectivity index (χ0) is 11.5. The van der Waals surface area contributed by atoms with Gasteiger partial charge in [0.05, 0.1) is 10.0 Å². The van der Waals surface area contributed by atoms with Crippen molar-refractivity contribution in [1.29, 1.82) is 0 Å². The number of halogens is 2. The van der Waals surface area contributed by atoms with E-state index in [2.05, 4.69) is 4.98 Å². The van der Waals surface area contributed by atoms with Gasteiger partial charge in [-0.25, -0.2) is 0 Å². The number of hydrogen-bond donors (Lipinski definition) is 1. The molecule has 1 aliphatic rings. The molecule has 0 radical (unpaired) electrons. The van der Waals surface area contributed by atoms with E-state index in [0.29, 0.717) is 16.0 Å². The van der Waals surface area contributed by atoms with E-state index in [4.69, 9.17) is 28.9 Å². The lowest BCUT2D eigenvalue weighted by molar-refractivity contribution is 0.308. The maximum Gasteiger partial charge on any atom is 0.0652 e. The van der Waals surface area contributed by atoms with Gasteiger partial charge in [0.25, 0.3) is 0 Å². The van der Waals surface area contributed by atoms with Crippen molar-refractivity contribution in [3.63, 3.8) is 0 Å². The van der Waals surface area contributed by atoms with Gasteiger partial charge in [0, 0.05) is 24.0 Å². The molecule has 0 unspecified atom stereocenters. The molecule has 0 aliphatic heterocycles. The Balaban J connectivity index is 2.22. The Labute approximate surface area is 106 Å². The lowest BCUT2D eigenvalue weighted by Gasteiger charge is -2.28. The van der Waals surface area contributed by atoms with Gasteiger partial charge in [-0.3, -0.25) is 4.98 Å². The summed E-state index contributed by atoms with van der Waals surface area (Å²) in [5, 5.41) is 1.18. The minimum atomic E-state index is -0.0525. The average molecular weight is 259 g/mol. The van der Waals surface area contributed by atoms with Crippen molar-refractivity contribution >= 4 is 23.2 Å². The number of rotatable bonds is 2. The predicted molar refractivity (Wildman–Crippen MR) is 67.8 cm³/mol. The van der Waals surface area contributed by atoms with E-state index in [0.717, 1.165) is 5.56 Å². The fraction of sp³-hybridized carbons (Fsp3) is 0.583. The summed E-state index contributed by atoms with van der Waals surface area (Å²) in [7, 11) is 0. The second-order valence-corrected chi connectivity index (χ2v) is 5.26. The van der Waals surface area contributed by atoms with Gasteiger partial charge in [-0.05, 0) is 18.8 Å². The Kier molecular flexibility index (Phi) is 4.06. The smallest absolute Gasteiger partial charge is 0.0652 e. The van der Waals surface area contributed by atoms with Crippen molar-refractivity contribution in [1.82, 2.24) is 4.98 Å². The first-order chi connectivity index (χ1) is 7.70. The Bertz CT molecular complexity index is 342. The van der Waals surface area contributed by atoms with Gasteiger partial charge >= 0.3 is 0 Å². The molecule has 4 heteroatoms. The van der Waals surface area contributed by atoms with Crippen LogP contribution in [0.3, 0.4) is 0 Å². The predicted octanol–water partition coefficient (Wildman–Crippen LogP) is 3.97. The highest BCUT2D eigenvalue weighted by Crippen LogP contribution is 2.38. The lowest BCUT2D eigenvalue weighted by Crippen LogP contribution is -2.24. The quantitative estimate of drug-likeness (QED) is 0.872. The maximum absolute atomic E-state index is 6.27. The average Bonchev–Trinajstić information content (AvgIpc) is 2.30. The Morgan fingerprint density at radius 2 is 1.69 bits per heavy atom. The first kappa shape index (κ1) is 12.2. The van der Waals surface area contributed by atoms with E-state index >= 15 is 0 Å². The van der Waals surface area contributed by atoms with Gasteiger partial charge in [0.2, 0.25) is 0 Å². The summed E-state index contributed by atoms with van der Waals surface area (Å²) in [5.74, 6) is 0.506. The van der Waals surface area contributed by atoms with E-state index < -0.39 is 0 Å². The second kappa shape index (κ2) is 5.35. The van der Waals surface area contributed by atoms with Gasteiger partial charge in [-0.2, -0.15) is 0 Å². The van der Waals surface area contributed by atoms with Crippen LogP contribution in [-0.2, 0) is 0 Å². The number of pyridine rings is 1. The third-order valence-electron chi connectivity index (χ3n) is 3.38. The molecular weight excluding hydrogens is 243 g/mol. The van der Waals surface area contributed by atoms with Crippen LogP contribution in [0, 0.1) is 5.92 Å². The van der Waals surface area contributed by atoms with E-state index in [1.165, 1.54) is 32.1 Å². The normalized spacial score (nSPS) is 19.7. The highest BCUT2D eigenvalue weighted by atomic mass is 35.5.